The number of methoxy groups -OCH3 is 1. The van der Waals surface area contributed by atoms with Gasteiger partial charge in [0, 0.05) is 29.2 Å². The maximum Gasteiger partial charge on any atom is 0.137 e. The highest BCUT2D eigenvalue weighted by molar-refractivity contribution is 8.00. The molecular formula is C16H21F2N3O2S. The van der Waals surface area contributed by atoms with Crippen LogP contribution in [0.4, 0.5) is 8.78 Å². The summed E-state index contributed by atoms with van der Waals surface area (Å²) in [7, 11) is 1.59. The molecule has 0 fully saturated rings. The van der Waals surface area contributed by atoms with Gasteiger partial charge in [0.25, 0.3) is 0 Å². The van der Waals surface area contributed by atoms with Crippen LogP contribution in [-0.4, -0.2) is 44.1 Å². The van der Waals surface area contributed by atoms with Crippen LogP contribution in [0.2, 0.25) is 0 Å². The first kappa shape index (κ1) is 18.8. The van der Waals surface area contributed by atoms with Gasteiger partial charge in [0.15, 0.2) is 0 Å². The molecule has 8 heteroatoms. The maximum atomic E-state index is 14.4. The summed E-state index contributed by atoms with van der Waals surface area (Å²) in [4.78, 5) is 3.85. The Morgan fingerprint density at radius 1 is 1.33 bits per heavy atom. The predicted octanol–water partition coefficient (Wildman–Crippen LogP) is 2.60. The summed E-state index contributed by atoms with van der Waals surface area (Å²) in [6.45, 7) is 4.11. The van der Waals surface area contributed by atoms with Crippen molar-refractivity contribution in [1.82, 2.24) is 14.8 Å². The lowest BCUT2D eigenvalue weighted by molar-refractivity contribution is -0.0170. The minimum atomic E-state index is -1.63. The smallest absolute Gasteiger partial charge is 0.137 e. The largest absolute Gasteiger partial charge is 0.384 e. The topological polar surface area (TPSA) is 60.2 Å². The monoisotopic (exact) mass is 357 g/mol. The number of hydrogen-bond acceptors (Lipinski definition) is 5. The lowest BCUT2D eigenvalue weighted by atomic mass is 9.82. The Morgan fingerprint density at radius 2 is 2.08 bits per heavy atom. The van der Waals surface area contributed by atoms with E-state index in [0.29, 0.717) is 12.4 Å². The van der Waals surface area contributed by atoms with Crippen molar-refractivity contribution in [2.24, 2.45) is 0 Å². The van der Waals surface area contributed by atoms with Crippen LogP contribution in [0.5, 0.6) is 0 Å². The van der Waals surface area contributed by atoms with Crippen molar-refractivity contribution in [3.05, 3.63) is 48.1 Å². The molecular weight excluding hydrogens is 336 g/mol. The fraction of sp³-hybridized carbons (Fsp3) is 0.500. The van der Waals surface area contributed by atoms with Gasteiger partial charge in [0.1, 0.15) is 29.9 Å². The average molecular weight is 357 g/mol. The molecule has 1 N–H and O–H groups in total. The highest BCUT2D eigenvalue weighted by Crippen LogP contribution is 2.44. The fourth-order valence-corrected chi connectivity index (χ4v) is 3.65. The van der Waals surface area contributed by atoms with Gasteiger partial charge in [-0.2, -0.15) is 5.10 Å². The molecule has 1 heterocycles. The van der Waals surface area contributed by atoms with Crippen molar-refractivity contribution in [3.8, 4) is 0 Å². The van der Waals surface area contributed by atoms with Gasteiger partial charge in [-0.1, -0.05) is 6.07 Å². The quantitative estimate of drug-likeness (QED) is 0.736. The van der Waals surface area contributed by atoms with Crippen LogP contribution in [0.3, 0.4) is 0 Å². The molecule has 132 valence electrons. The van der Waals surface area contributed by atoms with Gasteiger partial charge in [0.05, 0.1) is 13.2 Å². The normalized spacial score (nSPS) is 14.6. The van der Waals surface area contributed by atoms with Crippen molar-refractivity contribution >= 4 is 11.8 Å². The lowest BCUT2D eigenvalue weighted by Gasteiger charge is -2.42. The van der Waals surface area contributed by atoms with Crippen molar-refractivity contribution in [2.75, 3.05) is 19.5 Å². The number of nitrogens with zero attached hydrogens (tertiary/aromatic N) is 3. The van der Waals surface area contributed by atoms with E-state index < -0.39 is 22.0 Å². The first-order valence-corrected chi connectivity index (χ1v) is 8.42. The van der Waals surface area contributed by atoms with Crippen molar-refractivity contribution in [2.45, 2.75) is 30.7 Å². The van der Waals surface area contributed by atoms with E-state index in [4.69, 9.17) is 4.74 Å². The predicted molar refractivity (Wildman–Crippen MR) is 88.7 cm³/mol. The van der Waals surface area contributed by atoms with Gasteiger partial charge in [-0.25, -0.2) is 18.4 Å². The summed E-state index contributed by atoms with van der Waals surface area (Å²) in [5, 5.41) is 15.4. The van der Waals surface area contributed by atoms with Gasteiger partial charge in [0.2, 0.25) is 0 Å². The van der Waals surface area contributed by atoms with Gasteiger partial charge in [-0.15, -0.1) is 11.8 Å². The first-order valence-electron chi connectivity index (χ1n) is 7.43. The van der Waals surface area contributed by atoms with Crippen LogP contribution in [0.1, 0.15) is 19.4 Å². The molecule has 0 aliphatic carbocycles. The summed E-state index contributed by atoms with van der Waals surface area (Å²) in [6.07, 6.45) is 2.79. The van der Waals surface area contributed by atoms with Crippen molar-refractivity contribution < 1.29 is 18.6 Å². The molecule has 1 atom stereocenters. The number of ether oxygens (including phenoxy) is 1. The standard InChI is InChI=1S/C16H21F2N3O2S/c1-15(2,24-7-6-23-3)16(22,9-21-11-19-10-20-21)13-5-4-12(17)8-14(13)18/h4-5,8,10-11,22H,6-7,9H2,1-3H3. The second kappa shape index (κ2) is 7.58. The molecule has 0 amide bonds. The third kappa shape index (κ3) is 3.93. The van der Waals surface area contributed by atoms with Crippen LogP contribution >= 0.6 is 11.8 Å². The van der Waals surface area contributed by atoms with E-state index in [2.05, 4.69) is 10.1 Å². The van der Waals surface area contributed by atoms with Crippen LogP contribution in [-0.2, 0) is 16.9 Å². The molecule has 0 aliphatic rings. The Morgan fingerprint density at radius 3 is 2.67 bits per heavy atom. The molecule has 0 aliphatic heterocycles. The molecule has 0 saturated carbocycles. The molecule has 0 radical (unpaired) electrons. The van der Waals surface area contributed by atoms with Crippen LogP contribution in [0, 0.1) is 11.6 Å². The van der Waals surface area contributed by atoms with Crippen LogP contribution in [0.25, 0.3) is 0 Å². The molecule has 2 rings (SSSR count). The van der Waals surface area contributed by atoms with Crippen LogP contribution < -0.4 is 0 Å². The minimum absolute atomic E-state index is 0.0114. The summed E-state index contributed by atoms with van der Waals surface area (Å²) < 4.78 is 33.4. The van der Waals surface area contributed by atoms with E-state index >= 15 is 0 Å². The summed E-state index contributed by atoms with van der Waals surface area (Å²) in [5.74, 6) is -0.867. The van der Waals surface area contributed by atoms with Crippen molar-refractivity contribution in [3.63, 3.8) is 0 Å². The van der Waals surface area contributed by atoms with Crippen molar-refractivity contribution in [1.29, 1.82) is 0 Å². The Kier molecular flexibility index (Phi) is 5.95. The third-order valence-corrected chi connectivity index (χ3v) is 5.41. The molecule has 2 aromatic rings. The molecule has 1 aromatic carbocycles. The molecule has 24 heavy (non-hydrogen) atoms. The first-order chi connectivity index (χ1) is 11.3. The van der Waals surface area contributed by atoms with Gasteiger partial charge < -0.3 is 9.84 Å². The van der Waals surface area contributed by atoms with Crippen LogP contribution in [0.15, 0.2) is 30.9 Å². The number of rotatable bonds is 8. The average Bonchev–Trinajstić information content (AvgIpc) is 2.99. The summed E-state index contributed by atoms with van der Waals surface area (Å²) in [6, 6.07) is 3.19. The van der Waals surface area contributed by atoms with Gasteiger partial charge >= 0.3 is 0 Å². The zero-order valence-corrected chi connectivity index (χ0v) is 14.7. The molecule has 0 saturated heterocycles. The number of hydrogen-bond donors (Lipinski definition) is 1. The molecule has 0 spiro atoms. The van der Waals surface area contributed by atoms with Gasteiger partial charge in [-0.05, 0) is 19.9 Å². The number of aromatic nitrogens is 3. The van der Waals surface area contributed by atoms with Gasteiger partial charge in [-0.3, -0.25) is 0 Å². The fourth-order valence-electron chi connectivity index (χ4n) is 2.47. The number of thioether (sulfide) groups is 1. The zero-order chi connectivity index (χ0) is 17.8. The maximum absolute atomic E-state index is 14.4. The second-order valence-electron chi connectivity index (χ2n) is 5.93. The zero-order valence-electron chi connectivity index (χ0n) is 13.9. The Labute approximate surface area is 144 Å². The lowest BCUT2D eigenvalue weighted by Crippen LogP contribution is -2.49. The second-order valence-corrected chi connectivity index (χ2v) is 7.65. The summed E-state index contributed by atoms with van der Waals surface area (Å²) in [5.41, 5.74) is -1.61. The van der Waals surface area contributed by atoms with E-state index in [1.165, 1.54) is 35.2 Å². The third-order valence-electron chi connectivity index (χ3n) is 3.98. The number of aliphatic hydroxyl groups is 1. The Hall–Kier alpha value is -1.51. The molecule has 0 bridgehead atoms. The van der Waals surface area contributed by atoms with E-state index in [0.717, 1.165) is 12.1 Å². The Balaban J connectivity index is 2.43. The molecule has 1 aromatic heterocycles. The molecule has 1 unspecified atom stereocenters. The van der Waals surface area contributed by atoms with E-state index in [9.17, 15) is 13.9 Å². The minimum Gasteiger partial charge on any atom is -0.384 e. The number of benzene rings is 1. The highest BCUT2D eigenvalue weighted by atomic mass is 32.2. The summed E-state index contributed by atoms with van der Waals surface area (Å²) >= 11 is 1.44. The van der Waals surface area contributed by atoms with E-state index in [1.807, 2.05) is 13.8 Å². The highest BCUT2D eigenvalue weighted by Gasteiger charge is 2.47. The van der Waals surface area contributed by atoms with E-state index in [-0.39, 0.29) is 12.1 Å². The number of halogens is 2. The molecule has 5 nitrogen and oxygen atoms in total. The SMILES string of the molecule is COCCSC(C)(C)C(O)(Cn1cncn1)c1ccc(F)cc1F. The van der Waals surface area contributed by atoms with E-state index in [1.54, 1.807) is 7.11 Å². The Bertz CT molecular complexity index is 667.